The molecule has 186 valence electrons. The third-order valence-corrected chi connectivity index (χ3v) is 7.06. The summed E-state index contributed by atoms with van der Waals surface area (Å²) in [4.78, 5) is 30.7. The molecular weight excluding hydrogens is 486 g/mol. The van der Waals surface area contributed by atoms with Gasteiger partial charge < -0.3 is 5.32 Å². The lowest BCUT2D eigenvalue weighted by molar-refractivity contribution is -0.115. The van der Waals surface area contributed by atoms with Gasteiger partial charge in [0.25, 0.3) is 5.56 Å². The summed E-state index contributed by atoms with van der Waals surface area (Å²) < 4.78 is 5.17. The predicted octanol–water partition coefficient (Wildman–Crippen LogP) is 4.25. The number of carbonyl (C=O) groups is 1. The Labute approximate surface area is 217 Å². The van der Waals surface area contributed by atoms with E-state index in [-0.39, 0.29) is 17.2 Å². The molecular formula is C27H25N7O2S. The standard InChI is InChI=1S/C27H25N7O2S/c1-18-23(26(36)34(32(18)3)22-14-8-5-9-15-22)29-25(35)19(2)37-27-31-30-24(20-11-10-16-28-17-20)33(27)21-12-6-4-7-13-21/h4-17,19H,1-3H3,(H,29,35)/t19-/m1/s1. The first-order valence-electron chi connectivity index (χ1n) is 11.7. The van der Waals surface area contributed by atoms with E-state index in [4.69, 9.17) is 0 Å². The van der Waals surface area contributed by atoms with Crippen LogP contribution in [0.1, 0.15) is 12.6 Å². The molecule has 0 unspecified atom stereocenters. The lowest BCUT2D eigenvalue weighted by Gasteiger charge is -2.13. The van der Waals surface area contributed by atoms with Gasteiger partial charge in [0.1, 0.15) is 5.69 Å². The monoisotopic (exact) mass is 511 g/mol. The summed E-state index contributed by atoms with van der Waals surface area (Å²) >= 11 is 1.27. The summed E-state index contributed by atoms with van der Waals surface area (Å²) in [5.41, 5.74) is 3.02. The summed E-state index contributed by atoms with van der Waals surface area (Å²) in [6.45, 7) is 3.59. The molecule has 10 heteroatoms. The first-order valence-corrected chi connectivity index (χ1v) is 12.6. The second-order valence-corrected chi connectivity index (χ2v) is 9.71. The van der Waals surface area contributed by atoms with Gasteiger partial charge in [-0.1, -0.05) is 48.2 Å². The number of aromatic nitrogens is 6. The first-order chi connectivity index (χ1) is 18.0. The Morgan fingerprint density at radius 1 is 0.946 bits per heavy atom. The fraction of sp³-hybridized carbons (Fsp3) is 0.148. The molecule has 1 atom stereocenters. The molecule has 0 aliphatic carbocycles. The average Bonchev–Trinajstić information content (AvgIpc) is 3.44. The highest BCUT2D eigenvalue weighted by atomic mass is 32.2. The highest BCUT2D eigenvalue weighted by molar-refractivity contribution is 8.00. The van der Waals surface area contributed by atoms with Crippen LogP contribution in [0.5, 0.6) is 0 Å². The molecule has 2 aromatic carbocycles. The lowest BCUT2D eigenvalue weighted by atomic mass is 10.2. The van der Waals surface area contributed by atoms with Crippen LogP contribution < -0.4 is 10.9 Å². The summed E-state index contributed by atoms with van der Waals surface area (Å²) in [6, 6.07) is 22.8. The molecule has 0 saturated carbocycles. The van der Waals surface area contributed by atoms with E-state index in [0.717, 1.165) is 16.9 Å². The van der Waals surface area contributed by atoms with Gasteiger partial charge in [-0.2, -0.15) is 0 Å². The van der Waals surface area contributed by atoms with Crippen molar-refractivity contribution >= 4 is 23.4 Å². The van der Waals surface area contributed by atoms with Crippen LogP contribution in [0.15, 0.2) is 95.1 Å². The summed E-state index contributed by atoms with van der Waals surface area (Å²) in [5.74, 6) is 0.320. The molecule has 0 radical (unpaired) electrons. The Balaban J connectivity index is 1.43. The van der Waals surface area contributed by atoms with E-state index >= 15 is 0 Å². The van der Waals surface area contributed by atoms with E-state index in [1.54, 1.807) is 38.0 Å². The van der Waals surface area contributed by atoms with Gasteiger partial charge in [0.2, 0.25) is 5.91 Å². The topological polar surface area (TPSA) is 99.6 Å². The van der Waals surface area contributed by atoms with Crippen molar-refractivity contribution in [1.29, 1.82) is 0 Å². The van der Waals surface area contributed by atoms with E-state index in [1.807, 2.05) is 77.4 Å². The first kappa shape index (κ1) is 24.3. The van der Waals surface area contributed by atoms with Crippen molar-refractivity contribution in [2.24, 2.45) is 7.05 Å². The molecule has 5 aromatic rings. The van der Waals surface area contributed by atoms with Gasteiger partial charge in [0.15, 0.2) is 11.0 Å². The third kappa shape index (κ3) is 4.70. The van der Waals surface area contributed by atoms with Gasteiger partial charge in [-0.25, -0.2) is 4.68 Å². The van der Waals surface area contributed by atoms with Gasteiger partial charge in [-0.15, -0.1) is 10.2 Å². The minimum Gasteiger partial charge on any atom is -0.319 e. The van der Waals surface area contributed by atoms with Crippen LogP contribution in [0.4, 0.5) is 5.69 Å². The molecule has 3 heterocycles. The molecule has 37 heavy (non-hydrogen) atoms. The van der Waals surface area contributed by atoms with Crippen molar-refractivity contribution in [2.75, 3.05) is 5.32 Å². The van der Waals surface area contributed by atoms with Crippen LogP contribution >= 0.6 is 11.8 Å². The summed E-state index contributed by atoms with van der Waals surface area (Å²) in [7, 11) is 1.79. The van der Waals surface area contributed by atoms with E-state index in [0.29, 0.717) is 16.7 Å². The van der Waals surface area contributed by atoms with Gasteiger partial charge in [-0.05, 0) is 50.2 Å². The molecule has 1 N–H and O–H groups in total. The van der Waals surface area contributed by atoms with Gasteiger partial charge in [0, 0.05) is 30.7 Å². The van der Waals surface area contributed by atoms with Crippen molar-refractivity contribution in [3.05, 3.63) is 101 Å². The van der Waals surface area contributed by atoms with E-state index in [1.165, 1.54) is 16.4 Å². The number of hydrogen-bond donors (Lipinski definition) is 1. The smallest absolute Gasteiger partial charge is 0.295 e. The van der Waals surface area contributed by atoms with Crippen LogP contribution in [0.2, 0.25) is 0 Å². The summed E-state index contributed by atoms with van der Waals surface area (Å²) in [6.07, 6.45) is 3.43. The zero-order valence-electron chi connectivity index (χ0n) is 20.6. The fourth-order valence-corrected chi connectivity index (χ4v) is 4.85. The minimum absolute atomic E-state index is 0.254. The van der Waals surface area contributed by atoms with Gasteiger partial charge in [-0.3, -0.25) is 23.8 Å². The minimum atomic E-state index is -0.558. The maximum Gasteiger partial charge on any atom is 0.295 e. The molecule has 0 bridgehead atoms. The fourth-order valence-electron chi connectivity index (χ4n) is 3.99. The number of nitrogens with one attached hydrogen (secondary N) is 1. The van der Waals surface area contributed by atoms with Crippen LogP contribution in [-0.4, -0.2) is 40.3 Å². The number of nitrogens with zero attached hydrogens (tertiary/aromatic N) is 6. The van der Waals surface area contributed by atoms with E-state index in [2.05, 4.69) is 20.5 Å². The Morgan fingerprint density at radius 2 is 1.62 bits per heavy atom. The third-order valence-electron chi connectivity index (χ3n) is 6.02. The zero-order valence-corrected chi connectivity index (χ0v) is 21.4. The number of amides is 1. The molecule has 0 fully saturated rings. The predicted molar refractivity (Wildman–Crippen MR) is 144 cm³/mol. The molecule has 0 aliphatic heterocycles. The van der Waals surface area contributed by atoms with Crippen molar-refractivity contribution in [3.63, 3.8) is 0 Å². The number of benzene rings is 2. The highest BCUT2D eigenvalue weighted by Gasteiger charge is 2.25. The number of hydrogen-bond acceptors (Lipinski definition) is 6. The number of thioether (sulfide) groups is 1. The van der Waals surface area contributed by atoms with Crippen molar-refractivity contribution < 1.29 is 4.79 Å². The molecule has 5 rings (SSSR count). The van der Waals surface area contributed by atoms with Crippen molar-refractivity contribution in [1.82, 2.24) is 29.1 Å². The second kappa shape index (κ2) is 10.3. The molecule has 0 saturated heterocycles. The molecule has 0 spiro atoms. The number of rotatable bonds is 7. The molecule has 1 amide bonds. The second-order valence-electron chi connectivity index (χ2n) is 8.40. The maximum atomic E-state index is 13.2. The maximum absolute atomic E-state index is 13.2. The number of para-hydroxylation sites is 2. The Morgan fingerprint density at radius 3 is 2.27 bits per heavy atom. The Bertz CT molecular complexity index is 1590. The normalized spacial score (nSPS) is 11.9. The summed E-state index contributed by atoms with van der Waals surface area (Å²) in [5, 5.41) is 11.6. The largest absolute Gasteiger partial charge is 0.319 e. The average molecular weight is 512 g/mol. The lowest BCUT2D eigenvalue weighted by Crippen LogP contribution is -2.27. The van der Waals surface area contributed by atoms with Crippen molar-refractivity contribution in [2.45, 2.75) is 24.3 Å². The van der Waals surface area contributed by atoms with Crippen LogP contribution in [0.25, 0.3) is 22.8 Å². The van der Waals surface area contributed by atoms with Gasteiger partial charge >= 0.3 is 0 Å². The molecule has 0 aliphatic rings. The molecule has 3 aromatic heterocycles. The quantitative estimate of drug-likeness (QED) is 0.328. The van der Waals surface area contributed by atoms with Crippen molar-refractivity contribution in [3.8, 4) is 22.8 Å². The SMILES string of the molecule is Cc1c(NC(=O)[C@@H](C)Sc2nnc(-c3cccnc3)n2-c2ccccc2)c(=O)n(-c2ccccc2)n1C. The molecule has 9 nitrogen and oxygen atoms in total. The van der Waals surface area contributed by atoms with Crippen LogP contribution in [0.3, 0.4) is 0 Å². The highest BCUT2D eigenvalue weighted by Crippen LogP contribution is 2.30. The number of carbonyl (C=O) groups excluding carboxylic acids is 1. The Hall–Kier alpha value is -4.44. The number of pyridine rings is 1. The van der Waals surface area contributed by atoms with Crippen LogP contribution in [0, 0.1) is 6.92 Å². The Kier molecular flexibility index (Phi) is 6.74. The van der Waals surface area contributed by atoms with Crippen LogP contribution in [-0.2, 0) is 11.8 Å². The number of anilines is 1. The zero-order chi connectivity index (χ0) is 25.9. The van der Waals surface area contributed by atoms with E-state index in [9.17, 15) is 9.59 Å². The van der Waals surface area contributed by atoms with Gasteiger partial charge in [0.05, 0.1) is 16.6 Å². The van der Waals surface area contributed by atoms with E-state index < -0.39 is 5.25 Å².